The molecule has 3 aliphatic heterocycles. The molecule has 1 aromatic rings. The molecule has 0 unspecified atom stereocenters. The number of amides is 2. The smallest absolute Gasteiger partial charge is 0.241 e. The highest BCUT2D eigenvalue weighted by molar-refractivity contribution is 5.87. The Kier molecular flexibility index (Phi) is 4.00. The molecule has 0 radical (unpaired) electrons. The Labute approximate surface area is 130 Å². The summed E-state index contributed by atoms with van der Waals surface area (Å²) in [5.74, 6) is 0.0984. The van der Waals surface area contributed by atoms with Crippen molar-refractivity contribution in [3.8, 4) is 0 Å². The van der Waals surface area contributed by atoms with Crippen LogP contribution < -0.4 is 4.90 Å². The van der Waals surface area contributed by atoms with E-state index in [9.17, 15) is 9.59 Å². The molecular weight excluding hydrogens is 280 g/mol. The van der Waals surface area contributed by atoms with E-state index in [0.717, 1.165) is 31.6 Å². The number of nitrogens with zero attached hydrogens (tertiary/aromatic N) is 4. The van der Waals surface area contributed by atoms with Gasteiger partial charge >= 0.3 is 0 Å². The van der Waals surface area contributed by atoms with Gasteiger partial charge in [0, 0.05) is 51.3 Å². The lowest BCUT2D eigenvalue weighted by Gasteiger charge is -2.36. The zero-order valence-corrected chi connectivity index (χ0v) is 13.1. The first-order valence-electron chi connectivity index (χ1n) is 7.72. The second-order valence-electron chi connectivity index (χ2n) is 6.29. The minimum atomic E-state index is -0.0173. The van der Waals surface area contributed by atoms with Crippen LogP contribution in [0.4, 0.5) is 5.69 Å². The largest absolute Gasteiger partial charge is 0.369 e. The van der Waals surface area contributed by atoms with Crippen LogP contribution in [0.15, 0.2) is 24.5 Å². The second-order valence-corrected chi connectivity index (χ2v) is 6.29. The highest BCUT2D eigenvalue weighted by Crippen LogP contribution is 2.31. The van der Waals surface area contributed by atoms with E-state index < -0.39 is 0 Å². The number of hydrogen-bond donors (Lipinski definition) is 0. The molecule has 6 nitrogen and oxygen atoms in total. The van der Waals surface area contributed by atoms with Crippen LogP contribution in [0.3, 0.4) is 0 Å². The summed E-state index contributed by atoms with van der Waals surface area (Å²) in [5.41, 5.74) is 1.10. The summed E-state index contributed by atoms with van der Waals surface area (Å²) in [5, 5.41) is 0. The number of pyridine rings is 1. The van der Waals surface area contributed by atoms with E-state index in [4.69, 9.17) is 0 Å². The van der Waals surface area contributed by atoms with Crippen molar-refractivity contribution >= 4 is 17.5 Å². The Hall–Kier alpha value is -2.11. The van der Waals surface area contributed by atoms with E-state index >= 15 is 0 Å². The molecule has 0 spiro atoms. The van der Waals surface area contributed by atoms with E-state index in [1.165, 1.54) is 0 Å². The topological polar surface area (TPSA) is 56.8 Å². The van der Waals surface area contributed by atoms with Crippen molar-refractivity contribution in [1.29, 1.82) is 0 Å². The number of carbonyl (C=O) groups is 2. The highest BCUT2D eigenvalue weighted by Gasteiger charge is 2.41. The predicted octanol–water partition coefficient (Wildman–Crippen LogP) is 0.597. The highest BCUT2D eigenvalue weighted by atomic mass is 16.2. The Morgan fingerprint density at radius 1 is 1.27 bits per heavy atom. The summed E-state index contributed by atoms with van der Waals surface area (Å²) in [7, 11) is 3.46. The van der Waals surface area contributed by atoms with Gasteiger partial charge in [-0.2, -0.15) is 0 Å². The van der Waals surface area contributed by atoms with Gasteiger partial charge in [0.25, 0.3) is 0 Å². The molecular formula is C16H22N4O2. The molecule has 3 aliphatic rings. The number of anilines is 1. The maximum atomic E-state index is 12.7. The number of hydrogen-bond acceptors (Lipinski definition) is 4. The average Bonchev–Trinajstić information content (AvgIpc) is 2.81. The second kappa shape index (κ2) is 5.94. The Morgan fingerprint density at radius 2 is 2.00 bits per heavy atom. The van der Waals surface area contributed by atoms with Crippen molar-refractivity contribution in [3.63, 3.8) is 0 Å². The van der Waals surface area contributed by atoms with Crippen molar-refractivity contribution in [1.82, 2.24) is 14.8 Å². The quantitative estimate of drug-likeness (QED) is 0.820. The van der Waals surface area contributed by atoms with E-state index in [-0.39, 0.29) is 30.3 Å². The van der Waals surface area contributed by atoms with Gasteiger partial charge in [-0.15, -0.1) is 0 Å². The van der Waals surface area contributed by atoms with Crippen molar-refractivity contribution in [3.05, 3.63) is 24.5 Å². The van der Waals surface area contributed by atoms with Gasteiger partial charge in [0.05, 0.1) is 5.92 Å². The molecule has 6 heteroatoms. The van der Waals surface area contributed by atoms with Crippen LogP contribution in [0, 0.1) is 5.92 Å². The lowest BCUT2D eigenvalue weighted by molar-refractivity contribution is -0.145. The van der Waals surface area contributed by atoms with Gasteiger partial charge in [-0.3, -0.25) is 14.6 Å². The van der Waals surface area contributed by atoms with E-state index in [0.29, 0.717) is 0 Å². The standard InChI is InChI=1S/C16H22N4O2/c1-18(2)15(21)11-20-14-4-3-12(16(20)22)9-19(10-14)13-5-7-17-8-6-13/h5-8,12,14H,3-4,9-11H2,1-2H3/t12-,14+/m0/s1. The van der Waals surface area contributed by atoms with Crippen molar-refractivity contribution in [2.24, 2.45) is 5.92 Å². The zero-order chi connectivity index (χ0) is 15.7. The molecule has 2 bridgehead atoms. The fourth-order valence-corrected chi connectivity index (χ4v) is 3.30. The molecule has 2 amide bonds. The Morgan fingerprint density at radius 3 is 2.68 bits per heavy atom. The third-order valence-electron chi connectivity index (χ3n) is 4.63. The van der Waals surface area contributed by atoms with Crippen LogP contribution in [0.5, 0.6) is 0 Å². The number of rotatable bonds is 3. The molecule has 3 fully saturated rings. The lowest BCUT2D eigenvalue weighted by Crippen LogP contribution is -2.51. The van der Waals surface area contributed by atoms with Crippen LogP contribution in [0.2, 0.25) is 0 Å². The summed E-state index contributed by atoms with van der Waals surface area (Å²) < 4.78 is 0. The van der Waals surface area contributed by atoms with Crippen molar-refractivity contribution < 1.29 is 9.59 Å². The first-order valence-corrected chi connectivity index (χ1v) is 7.72. The van der Waals surface area contributed by atoms with Gasteiger partial charge in [-0.25, -0.2) is 0 Å². The van der Waals surface area contributed by atoms with Crippen molar-refractivity contribution in [2.75, 3.05) is 38.6 Å². The van der Waals surface area contributed by atoms with Gasteiger partial charge in [0.1, 0.15) is 6.54 Å². The van der Waals surface area contributed by atoms with E-state index in [1.807, 2.05) is 12.1 Å². The SMILES string of the molecule is CN(C)C(=O)CN1C(=O)[C@H]2CC[C@@H]1CN(c1ccncc1)C2. The monoisotopic (exact) mass is 302 g/mol. The van der Waals surface area contributed by atoms with Crippen LogP contribution in [-0.2, 0) is 9.59 Å². The summed E-state index contributed by atoms with van der Waals surface area (Å²) in [6.45, 7) is 1.70. The minimum absolute atomic E-state index is 0.0122. The fourth-order valence-electron chi connectivity index (χ4n) is 3.30. The third-order valence-corrected chi connectivity index (χ3v) is 4.63. The first-order chi connectivity index (χ1) is 10.6. The molecule has 22 heavy (non-hydrogen) atoms. The van der Waals surface area contributed by atoms with Crippen LogP contribution in [0.1, 0.15) is 12.8 Å². The third kappa shape index (κ3) is 2.77. The molecule has 2 atom stereocenters. The number of carbonyl (C=O) groups excluding carboxylic acids is 2. The average molecular weight is 302 g/mol. The minimum Gasteiger partial charge on any atom is -0.369 e. The molecule has 4 rings (SSSR count). The van der Waals surface area contributed by atoms with Gasteiger partial charge in [0.15, 0.2) is 0 Å². The van der Waals surface area contributed by atoms with Gasteiger partial charge in [-0.05, 0) is 25.0 Å². The Balaban J connectivity index is 1.80. The molecule has 4 heterocycles. The van der Waals surface area contributed by atoms with Crippen LogP contribution >= 0.6 is 0 Å². The molecule has 0 aromatic carbocycles. The summed E-state index contributed by atoms with van der Waals surface area (Å²) >= 11 is 0. The molecule has 0 saturated carbocycles. The van der Waals surface area contributed by atoms with Crippen LogP contribution in [-0.4, -0.2) is 66.4 Å². The maximum Gasteiger partial charge on any atom is 0.241 e. The molecule has 0 N–H and O–H groups in total. The Bertz CT molecular complexity index is 561. The molecule has 0 aliphatic carbocycles. The zero-order valence-electron chi connectivity index (χ0n) is 13.1. The van der Waals surface area contributed by atoms with Crippen molar-refractivity contribution in [2.45, 2.75) is 18.9 Å². The van der Waals surface area contributed by atoms with E-state index in [2.05, 4.69) is 9.88 Å². The van der Waals surface area contributed by atoms with Crippen LogP contribution in [0.25, 0.3) is 0 Å². The lowest BCUT2D eigenvalue weighted by atomic mass is 9.94. The number of piperidine rings is 1. The maximum absolute atomic E-state index is 12.7. The molecule has 1 aromatic heterocycles. The summed E-state index contributed by atoms with van der Waals surface area (Å²) in [6.07, 6.45) is 5.44. The number of aromatic nitrogens is 1. The number of likely N-dealkylation sites (N-methyl/N-ethyl adjacent to an activating group) is 1. The van der Waals surface area contributed by atoms with Gasteiger partial charge < -0.3 is 14.7 Å². The molecule has 118 valence electrons. The fraction of sp³-hybridized carbons (Fsp3) is 0.562. The van der Waals surface area contributed by atoms with Gasteiger partial charge in [0.2, 0.25) is 11.8 Å². The normalized spacial score (nSPS) is 24.4. The van der Waals surface area contributed by atoms with Gasteiger partial charge in [-0.1, -0.05) is 0 Å². The predicted molar refractivity (Wildman–Crippen MR) is 83.4 cm³/mol. The molecule has 3 saturated heterocycles. The first kappa shape index (κ1) is 14.8. The number of fused-ring (bicyclic) bond motifs is 4. The van der Waals surface area contributed by atoms with E-state index in [1.54, 1.807) is 36.3 Å². The summed E-state index contributed by atoms with van der Waals surface area (Å²) in [6, 6.07) is 4.07. The summed E-state index contributed by atoms with van der Waals surface area (Å²) in [4.78, 5) is 34.3.